The SMILES string of the molecule is CC[C@@H](O)Cn1nc(CC(N)=O)nc1C1CCN(C(=O)N(C)C)CC1. The Morgan fingerprint density at radius 1 is 1.36 bits per heavy atom. The number of aromatic nitrogens is 3. The van der Waals surface area contributed by atoms with E-state index in [-0.39, 0.29) is 18.4 Å². The lowest BCUT2D eigenvalue weighted by atomic mass is 9.96. The van der Waals surface area contributed by atoms with E-state index in [2.05, 4.69) is 10.1 Å². The van der Waals surface area contributed by atoms with Crippen molar-refractivity contribution < 1.29 is 14.7 Å². The summed E-state index contributed by atoms with van der Waals surface area (Å²) in [5, 5.41) is 14.3. The molecule has 0 radical (unpaired) electrons. The van der Waals surface area contributed by atoms with Crippen LogP contribution in [0.5, 0.6) is 0 Å². The Bertz CT molecular complexity index is 607. The highest BCUT2D eigenvalue weighted by Gasteiger charge is 2.28. The van der Waals surface area contributed by atoms with Crippen molar-refractivity contribution in [3.05, 3.63) is 11.6 Å². The Morgan fingerprint density at radius 3 is 2.52 bits per heavy atom. The van der Waals surface area contributed by atoms with Gasteiger partial charge in [0.2, 0.25) is 5.91 Å². The number of aliphatic hydroxyl groups excluding tert-OH is 1. The van der Waals surface area contributed by atoms with Gasteiger partial charge in [-0.25, -0.2) is 14.5 Å². The summed E-state index contributed by atoms with van der Waals surface area (Å²) in [5.74, 6) is 0.814. The second kappa shape index (κ2) is 8.28. The van der Waals surface area contributed by atoms with E-state index in [1.54, 1.807) is 23.7 Å². The number of nitrogens with two attached hydrogens (primary N) is 1. The summed E-state index contributed by atoms with van der Waals surface area (Å²) in [6, 6.07) is 0.00994. The van der Waals surface area contributed by atoms with Crippen LogP contribution in [0.25, 0.3) is 0 Å². The lowest BCUT2D eigenvalue weighted by Crippen LogP contribution is -2.43. The maximum atomic E-state index is 12.1. The Kier molecular flexibility index (Phi) is 6.35. The van der Waals surface area contributed by atoms with Gasteiger partial charge in [0, 0.05) is 33.1 Å². The van der Waals surface area contributed by atoms with Crippen LogP contribution >= 0.6 is 0 Å². The standard InChI is InChI=1S/C16H28N6O3/c1-4-12(23)10-22-15(18-14(19-22)9-13(17)24)11-5-7-21(8-6-11)16(25)20(2)3/h11-12,23H,4-10H2,1-3H3,(H2,17,24)/t12-/m1/s1. The van der Waals surface area contributed by atoms with Crippen molar-refractivity contribution in [3.63, 3.8) is 0 Å². The van der Waals surface area contributed by atoms with Crippen LogP contribution in [-0.4, -0.2) is 74.9 Å². The van der Waals surface area contributed by atoms with E-state index >= 15 is 0 Å². The normalized spacial score (nSPS) is 16.7. The average Bonchev–Trinajstić information content (AvgIpc) is 2.95. The second-order valence-corrected chi connectivity index (χ2v) is 6.71. The highest BCUT2D eigenvalue weighted by Crippen LogP contribution is 2.27. The van der Waals surface area contributed by atoms with E-state index in [0.717, 1.165) is 18.7 Å². The molecule has 1 aromatic heterocycles. The van der Waals surface area contributed by atoms with Gasteiger partial charge in [-0.15, -0.1) is 0 Å². The van der Waals surface area contributed by atoms with Crippen LogP contribution in [-0.2, 0) is 17.8 Å². The lowest BCUT2D eigenvalue weighted by molar-refractivity contribution is -0.117. The first kappa shape index (κ1) is 19.2. The van der Waals surface area contributed by atoms with Gasteiger partial charge >= 0.3 is 6.03 Å². The molecule has 0 aliphatic carbocycles. The van der Waals surface area contributed by atoms with Crippen molar-refractivity contribution in [2.24, 2.45) is 5.73 Å². The maximum Gasteiger partial charge on any atom is 0.319 e. The van der Waals surface area contributed by atoms with Gasteiger partial charge in [0.15, 0.2) is 5.82 Å². The molecule has 3 amide bonds. The Hall–Kier alpha value is -2.16. The predicted octanol–water partition coefficient (Wildman–Crippen LogP) is -0.0622. The van der Waals surface area contributed by atoms with E-state index in [9.17, 15) is 14.7 Å². The third kappa shape index (κ3) is 4.91. The molecule has 2 heterocycles. The molecule has 1 atom stereocenters. The molecule has 9 nitrogen and oxygen atoms in total. The number of piperidine rings is 1. The Labute approximate surface area is 147 Å². The van der Waals surface area contributed by atoms with Gasteiger partial charge in [-0.3, -0.25) is 4.79 Å². The molecule has 1 aliphatic rings. The van der Waals surface area contributed by atoms with Crippen molar-refractivity contribution >= 4 is 11.9 Å². The van der Waals surface area contributed by atoms with Gasteiger partial charge in [0.1, 0.15) is 5.82 Å². The molecule has 0 unspecified atom stereocenters. The number of likely N-dealkylation sites (tertiary alicyclic amines) is 1. The van der Waals surface area contributed by atoms with E-state index in [1.807, 2.05) is 11.8 Å². The zero-order valence-electron chi connectivity index (χ0n) is 15.2. The van der Waals surface area contributed by atoms with Crippen LogP contribution in [0.2, 0.25) is 0 Å². The summed E-state index contributed by atoms with van der Waals surface area (Å²) < 4.78 is 1.69. The van der Waals surface area contributed by atoms with Gasteiger partial charge in [0.05, 0.1) is 19.1 Å². The first-order chi connectivity index (χ1) is 11.8. The molecule has 140 valence electrons. The molecule has 1 aliphatic heterocycles. The summed E-state index contributed by atoms with van der Waals surface area (Å²) in [6.45, 7) is 3.54. The number of carbonyl (C=O) groups is 2. The number of primary amides is 1. The van der Waals surface area contributed by atoms with Crippen molar-refractivity contribution in [3.8, 4) is 0 Å². The molecule has 0 spiro atoms. The van der Waals surface area contributed by atoms with Crippen molar-refractivity contribution in [1.82, 2.24) is 24.6 Å². The first-order valence-electron chi connectivity index (χ1n) is 8.68. The minimum absolute atomic E-state index is 0.00994. The molecule has 2 rings (SSSR count). The van der Waals surface area contributed by atoms with E-state index < -0.39 is 12.0 Å². The van der Waals surface area contributed by atoms with Crippen molar-refractivity contribution in [2.45, 2.75) is 51.2 Å². The predicted molar refractivity (Wildman–Crippen MR) is 91.8 cm³/mol. The molecule has 9 heteroatoms. The zero-order chi connectivity index (χ0) is 18.6. The minimum atomic E-state index is -0.516. The lowest BCUT2D eigenvalue weighted by Gasteiger charge is -2.33. The smallest absolute Gasteiger partial charge is 0.319 e. The molecule has 3 N–H and O–H groups in total. The molecule has 1 saturated heterocycles. The number of nitrogens with zero attached hydrogens (tertiary/aromatic N) is 5. The largest absolute Gasteiger partial charge is 0.391 e. The molecule has 0 saturated carbocycles. The third-order valence-corrected chi connectivity index (χ3v) is 4.44. The Balaban J connectivity index is 2.13. The number of hydrogen-bond donors (Lipinski definition) is 2. The first-order valence-corrected chi connectivity index (χ1v) is 8.68. The third-order valence-electron chi connectivity index (χ3n) is 4.44. The number of amides is 3. The summed E-state index contributed by atoms with van der Waals surface area (Å²) >= 11 is 0. The van der Waals surface area contributed by atoms with Crippen LogP contribution in [0.4, 0.5) is 4.79 Å². The summed E-state index contributed by atoms with van der Waals surface area (Å²) in [7, 11) is 3.49. The van der Waals surface area contributed by atoms with Gasteiger partial charge < -0.3 is 20.6 Å². The van der Waals surface area contributed by atoms with Crippen molar-refractivity contribution in [1.29, 1.82) is 0 Å². The molecule has 0 bridgehead atoms. The number of hydrogen-bond acceptors (Lipinski definition) is 5. The van der Waals surface area contributed by atoms with Gasteiger partial charge in [-0.1, -0.05) is 6.92 Å². The fraction of sp³-hybridized carbons (Fsp3) is 0.750. The van der Waals surface area contributed by atoms with E-state index in [0.29, 0.717) is 31.9 Å². The van der Waals surface area contributed by atoms with Crippen LogP contribution in [0.3, 0.4) is 0 Å². The quantitative estimate of drug-likeness (QED) is 0.743. The molecule has 1 aromatic rings. The fourth-order valence-electron chi connectivity index (χ4n) is 3.01. The summed E-state index contributed by atoms with van der Waals surface area (Å²) in [4.78, 5) is 31.1. The highest BCUT2D eigenvalue weighted by molar-refractivity contribution is 5.75. The Morgan fingerprint density at radius 2 is 2.00 bits per heavy atom. The van der Waals surface area contributed by atoms with Gasteiger partial charge in [0.25, 0.3) is 0 Å². The topological polar surface area (TPSA) is 118 Å². The van der Waals surface area contributed by atoms with Crippen LogP contribution < -0.4 is 5.73 Å². The number of urea groups is 1. The molecule has 0 aromatic carbocycles. The fourth-order valence-corrected chi connectivity index (χ4v) is 3.01. The monoisotopic (exact) mass is 352 g/mol. The minimum Gasteiger partial charge on any atom is -0.391 e. The van der Waals surface area contributed by atoms with E-state index in [1.165, 1.54) is 0 Å². The molecular formula is C16H28N6O3. The second-order valence-electron chi connectivity index (χ2n) is 6.71. The number of carbonyl (C=O) groups excluding carboxylic acids is 2. The average molecular weight is 352 g/mol. The maximum absolute atomic E-state index is 12.1. The summed E-state index contributed by atoms with van der Waals surface area (Å²) in [5.41, 5.74) is 5.24. The van der Waals surface area contributed by atoms with Crippen LogP contribution in [0, 0.1) is 0 Å². The zero-order valence-corrected chi connectivity index (χ0v) is 15.2. The van der Waals surface area contributed by atoms with Gasteiger partial charge in [-0.2, -0.15) is 5.10 Å². The molecule has 25 heavy (non-hydrogen) atoms. The van der Waals surface area contributed by atoms with Crippen molar-refractivity contribution in [2.75, 3.05) is 27.2 Å². The molecular weight excluding hydrogens is 324 g/mol. The van der Waals surface area contributed by atoms with Crippen LogP contribution in [0.1, 0.15) is 43.8 Å². The van der Waals surface area contributed by atoms with E-state index in [4.69, 9.17) is 5.73 Å². The molecule has 1 fully saturated rings. The highest BCUT2D eigenvalue weighted by atomic mass is 16.3. The number of rotatable bonds is 6. The number of aliphatic hydroxyl groups is 1. The van der Waals surface area contributed by atoms with Crippen LogP contribution in [0.15, 0.2) is 0 Å². The van der Waals surface area contributed by atoms with Gasteiger partial charge in [-0.05, 0) is 19.3 Å². The summed E-state index contributed by atoms with van der Waals surface area (Å²) in [6.07, 6.45) is 1.63.